The molecule has 1 heterocycles. The fraction of sp³-hybridized carbons (Fsp3) is 0.552. The van der Waals surface area contributed by atoms with Crippen molar-refractivity contribution in [3.8, 4) is 11.8 Å². The van der Waals surface area contributed by atoms with E-state index in [4.69, 9.17) is 10.00 Å². The van der Waals surface area contributed by atoms with Gasteiger partial charge in [-0.15, -0.1) is 0 Å². The van der Waals surface area contributed by atoms with Gasteiger partial charge in [0.05, 0.1) is 23.7 Å². The number of benzene rings is 1. The second-order valence-corrected chi connectivity index (χ2v) is 9.49. The number of hydrogen-bond acceptors (Lipinski definition) is 4. The van der Waals surface area contributed by atoms with Crippen LogP contribution >= 0.6 is 0 Å². The van der Waals surface area contributed by atoms with Crippen LogP contribution in [-0.4, -0.2) is 11.0 Å². The number of pyridine rings is 1. The van der Waals surface area contributed by atoms with E-state index in [1.165, 1.54) is 50.5 Å². The zero-order valence-electron chi connectivity index (χ0n) is 20.1. The number of aryl methyl sites for hydroxylation is 2. The van der Waals surface area contributed by atoms with Crippen LogP contribution in [0.1, 0.15) is 94.4 Å². The maximum atomic E-state index is 12.6. The van der Waals surface area contributed by atoms with Crippen LogP contribution in [0.3, 0.4) is 0 Å². The third-order valence-corrected chi connectivity index (χ3v) is 6.91. The number of unbranched alkanes of at least 4 members (excludes halogenated alkanes) is 5. The van der Waals surface area contributed by atoms with Gasteiger partial charge in [-0.1, -0.05) is 64.0 Å². The minimum atomic E-state index is -0.0971. The van der Waals surface area contributed by atoms with Crippen molar-refractivity contribution in [2.75, 3.05) is 0 Å². The number of rotatable bonds is 12. The Morgan fingerprint density at radius 2 is 1.70 bits per heavy atom. The third-order valence-electron chi connectivity index (χ3n) is 6.91. The summed E-state index contributed by atoms with van der Waals surface area (Å²) in [6.07, 6.45) is 17.0. The molecule has 3 rings (SSSR count). The molecule has 0 aliphatic heterocycles. The summed E-state index contributed by atoms with van der Waals surface area (Å²) >= 11 is 0. The molecule has 0 N–H and O–H groups in total. The Morgan fingerprint density at radius 1 is 0.970 bits per heavy atom. The first-order valence-corrected chi connectivity index (χ1v) is 12.8. The molecule has 1 aliphatic rings. The highest BCUT2D eigenvalue weighted by Gasteiger charge is 2.27. The predicted molar refractivity (Wildman–Crippen MR) is 132 cm³/mol. The Hall–Kier alpha value is -2.67. The molecule has 1 aliphatic carbocycles. The first-order chi connectivity index (χ1) is 16.2. The van der Waals surface area contributed by atoms with Crippen LogP contribution in [0, 0.1) is 23.2 Å². The van der Waals surface area contributed by atoms with Crippen LogP contribution < -0.4 is 4.74 Å². The van der Waals surface area contributed by atoms with Crippen molar-refractivity contribution in [3.05, 3.63) is 59.4 Å². The molecular formula is C29H38N2O2. The molecule has 33 heavy (non-hydrogen) atoms. The third kappa shape index (κ3) is 8.65. The second kappa shape index (κ2) is 13.8. The van der Waals surface area contributed by atoms with E-state index in [9.17, 15) is 4.79 Å². The quantitative estimate of drug-likeness (QED) is 0.255. The van der Waals surface area contributed by atoms with Crippen LogP contribution in [0.2, 0.25) is 0 Å². The first-order valence-electron chi connectivity index (χ1n) is 12.8. The summed E-state index contributed by atoms with van der Waals surface area (Å²) in [5.74, 6) is 1.26. The summed E-state index contributed by atoms with van der Waals surface area (Å²) in [7, 11) is 0. The van der Waals surface area contributed by atoms with Crippen molar-refractivity contribution in [1.82, 2.24) is 4.98 Å². The van der Waals surface area contributed by atoms with Crippen LogP contribution in [-0.2, 0) is 17.6 Å². The maximum absolute atomic E-state index is 12.6. The van der Waals surface area contributed by atoms with Crippen LogP contribution in [0.5, 0.6) is 5.75 Å². The summed E-state index contributed by atoms with van der Waals surface area (Å²) in [6.45, 7) is 2.26. The zero-order valence-corrected chi connectivity index (χ0v) is 20.1. The molecule has 1 aromatic heterocycles. The lowest BCUT2D eigenvalue weighted by atomic mass is 9.80. The Kier molecular flexibility index (Phi) is 10.4. The Balaban J connectivity index is 1.34. The summed E-state index contributed by atoms with van der Waals surface area (Å²) < 4.78 is 5.64. The van der Waals surface area contributed by atoms with Crippen molar-refractivity contribution >= 4 is 5.97 Å². The maximum Gasteiger partial charge on any atom is 0.314 e. The van der Waals surface area contributed by atoms with Gasteiger partial charge in [-0.05, 0) is 74.3 Å². The highest BCUT2D eigenvalue weighted by molar-refractivity contribution is 5.75. The minimum absolute atomic E-state index is 0.0295. The van der Waals surface area contributed by atoms with Crippen molar-refractivity contribution < 1.29 is 9.53 Å². The lowest BCUT2D eigenvalue weighted by Gasteiger charge is -2.27. The molecule has 0 radical (unpaired) electrons. The molecule has 0 atom stereocenters. The molecule has 2 aromatic rings. The Morgan fingerprint density at radius 3 is 2.36 bits per heavy atom. The monoisotopic (exact) mass is 446 g/mol. The highest BCUT2D eigenvalue weighted by atomic mass is 16.5. The lowest BCUT2D eigenvalue weighted by Crippen LogP contribution is -2.25. The predicted octanol–water partition coefficient (Wildman–Crippen LogP) is 7.20. The SMILES string of the molecule is CCCCCCCCC1CCC(C(=O)Oc2ccc(CCc3ccc(C#N)cc3)nc2)CC1. The number of carbonyl (C=O) groups excluding carboxylic acids is 1. The average Bonchev–Trinajstić information content (AvgIpc) is 2.86. The normalized spacial score (nSPS) is 17.9. The van der Waals surface area contributed by atoms with Gasteiger partial charge in [0.1, 0.15) is 5.75 Å². The zero-order chi connectivity index (χ0) is 23.3. The number of hydrogen-bond donors (Lipinski definition) is 0. The highest BCUT2D eigenvalue weighted by Crippen LogP contribution is 2.33. The average molecular weight is 447 g/mol. The van der Waals surface area contributed by atoms with Gasteiger partial charge in [0.2, 0.25) is 0 Å². The molecule has 1 saturated carbocycles. The van der Waals surface area contributed by atoms with Gasteiger partial charge in [-0.2, -0.15) is 5.26 Å². The molecule has 0 bridgehead atoms. The van der Waals surface area contributed by atoms with E-state index in [1.54, 1.807) is 6.20 Å². The first kappa shape index (κ1) is 25.0. The van der Waals surface area contributed by atoms with E-state index >= 15 is 0 Å². The molecule has 0 spiro atoms. The largest absolute Gasteiger partial charge is 0.425 e. The van der Waals surface area contributed by atoms with Gasteiger partial charge in [0.15, 0.2) is 0 Å². The molecule has 0 saturated heterocycles. The van der Waals surface area contributed by atoms with Crippen molar-refractivity contribution in [1.29, 1.82) is 5.26 Å². The van der Waals surface area contributed by atoms with Crippen LogP contribution in [0.4, 0.5) is 0 Å². The van der Waals surface area contributed by atoms with Gasteiger partial charge in [0.25, 0.3) is 0 Å². The van der Waals surface area contributed by atoms with E-state index in [0.717, 1.165) is 50.1 Å². The van der Waals surface area contributed by atoms with Crippen molar-refractivity contribution in [3.63, 3.8) is 0 Å². The lowest BCUT2D eigenvalue weighted by molar-refractivity contribution is -0.140. The van der Waals surface area contributed by atoms with Crippen molar-refractivity contribution in [2.45, 2.75) is 90.4 Å². The number of carbonyl (C=O) groups is 1. The van der Waals surface area contributed by atoms with Crippen LogP contribution in [0.15, 0.2) is 42.6 Å². The van der Waals surface area contributed by atoms with Crippen molar-refractivity contribution in [2.24, 2.45) is 11.8 Å². The molecule has 1 aromatic carbocycles. The van der Waals surface area contributed by atoms with Gasteiger partial charge in [-0.3, -0.25) is 9.78 Å². The van der Waals surface area contributed by atoms with Gasteiger partial charge < -0.3 is 4.74 Å². The summed E-state index contributed by atoms with van der Waals surface area (Å²) in [4.78, 5) is 17.1. The number of nitriles is 1. The molecule has 4 nitrogen and oxygen atoms in total. The van der Waals surface area contributed by atoms with Gasteiger partial charge >= 0.3 is 5.97 Å². The summed E-state index contributed by atoms with van der Waals surface area (Å²) in [6, 6.07) is 13.6. The molecular weight excluding hydrogens is 408 g/mol. The summed E-state index contributed by atoms with van der Waals surface area (Å²) in [5.41, 5.74) is 2.82. The smallest absolute Gasteiger partial charge is 0.314 e. The van der Waals surface area contributed by atoms with Crippen LogP contribution in [0.25, 0.3) is 0 Å². The fourth-order valence-electron chi connectivity index (χ4n) is 4.74. The molecule has 1 fully saturated rings. The Bertz CT molecular complexity index is 875. The van der Waals surface area contributed by atoms with E-state index in [2.05, 4.69) is 18.0 Å². The molecule has 4 heteroatoms. The second-order valence-electron chi connectivity index (χ2n) is 9.49. The number of nitrogens with zero attached hydrogens (tertiary/aromatic N) is 2. The standard InChI is InChI=1S/C29H38N2O2/c1-2-3-4-5-6-7-8-23-13-16-26(17-14-23)29(32)33-28-20-19-27(31-22-28)18-15-24-9-11-25(21-30)12-10-24/h9-12,19-20,22-23,26H,2-8,13-18H2,1H3. The number of aromatic nitrogens is 1. The molecule has 0 amide bonds. The summed E-state index contributed by atoms with van der Waals surface area (Å²) in [5, 5.41) is 8.89. The van der Waals surface area contributed by atoms with Gasteiger partial charge in [-0.25, -0.2) is 0 Å². The van der Waals surface area contributed by atoms with E-state index in [-0.39, 0.29) is 11.9 Å². The minimum Gasteiger partial charge on any atom is -0.425 e. The fourth-order valence-corrected chi connectivity index (χ4v) is 4.74. The molecule has 0 unspecified atom stereocenters. The molecule has 176 valence electrons. The van der Waals surface area contributed by atoms with E-state index in [1.807, 2.05) is 36.4 Å². The number of esters is 1. The van der Waals surface area contributed by atoms with Gasteiger partial charge in [0, 0.05) is 5.69 Å². The number of ether oxygens (including phenoxy) is 1. The van der Waals surface area contributed by atoms with E-state index in [0.29, 0.717) is 11.3 Å². The topological polar surface area (TPSA) is 63.0 Å². The Labute approximate surface area is 199 Å². The van der Waals surface area contributed by atoms with E-state index < -0.39 is 0 Å².